The molecule has 0 aliphatic heterocycles. The third kappa shape index (κ3) is 2.87. The van der Waals surface area contributed by atoms with E-state index in [0.29, 0.717) is 6.42 Å². The Kier molecular flexibility index (Phi) is 3.69. The zero-order valence-electron chi connectivity index (χ0n) is 8.79. The molecule has 0 saturated carbocycles. The Labute approximate surface area is 85.1 Å². The molecule has 2 heteroatoms. The van der Waals surface area contributed by atoms with Crippen LogP contribution in [0.25, 0.3) is 0 Å². The Balaban J connectivity index is 2.83. The van der Waals surface area contributed by atoms with E-state index in [1.807, 2.05) is 6.07 Å². The molecule has 0 aliphatic carbocycles. The van der Waals surface area contributed by atoms with Gasteiger partial charge in [0, 0.05) is 6.42 Å². The van der Waals surface area contributed by atoms with E-state index in [4.69, 9.17) is 5.73 Å². The molecule has 2 N–H and O–H groups in total. The first-order chi connectivity index (χ1) is 6.63. The molecule has 14 heavy (non-hydrogen) atoms. The van der Waals surface area contributed by atoms with Crippen molar-refractivity contribution in [3.05, 3.63) is 35.4 Å². The van der Waals surface area contributed by atoms with Gasteiger partial charge in [-0.1, -0.05) is 36.8 Å². The van der Waals surface area contributed by atoms with Gasteiger partial charge in [-0.15, -0.1) is 0 Å². The van der Waals surface area contributed by atoms with Gasteiger partial charge in [0.15, 0.2) is 0 Å². The van der Waals surface area contributed by atoms with Crippen LogP contribution in [0.4, 0.5) is 0 Å². The second-order valence-electron chi connectivity index (χ2n) is 3.69. The first kappa shape index (κ1) is 10.8. The molecular formula is C12H17NO. The average Bonchev–Trinajstić information content (AvgIpc) is 2.14. The Morgan fingerprint density at radius 1 is 1.50 bits per heavy atom. The number of hydrogen-bond acceptors (Lipinski definition) is 1. The smallest absolute Gasteiger partial charge is 0.218 e. The molecule has 1 atom stereocenters. The summed E-state index contributed by atoms with van der Waals surface area (Å²) in [5.74, 6) is 0.0470. The van der Waals surface area contributed by atoms with Gasteiger partial charge in [0.2, 0.25) is 5.91 Å². The van der Waals surface area contributed by atoms with Crippen LogP contribution in [0, 0.1) is 6.92 Å². The number of amides is 1. The van der Waals surface area contributed by atoms with Gasteiger partial charge in [-0.05, 0) is 24.8 Å². The van der Waals surface area contributed by atoms with E-state index >= 15 is 0 Å². The van der Waals surface area contributed by atoms with E-state index in [1.165, 1.54) is 11.1 Å². The molecule has 2 nitrogen and oxygen atoms in total. The van der Waals surface area contributed by atoms with E-state index in [0.717, 1.165) is 6.42 Å². The molecule has 76 valence electrons. The standard InChI is InChI=1S/C12H17NO/c1-3-10(8-12(13)14)11-6-4-5-9(2)7-11/h4-7,10H,3,8H2,1-2H3,(H2,13,14). The zero-order valence-corrected chi connectivity index (χ0v) is 8.79. The lowest BCUT2D eigenvalue weighted by Crippen LogP contribution is -2.15. The molecule has 0 fully saturated rings. The van der Waals surface area contributed by atoms with Gasteiger partial charge in [-0.2, -0.15) is 0 Å². The van der Waals surface area contributed by atoms with E-state index < -0.39 is 0 Å². The summed E-state index contributed by atoms with van der Waals surface area (Å²) in [6.07, 6.45) is 1.40. The van der Waals surface area contributed by atoms with Gasteiger partial charge in [0.1, 0.15) is 0 Å². The second-order valence-corrected chi connectivity index (χ2v) is 3.69. The van der Waals surface area contributed by atoms with Crippen LogP contribution in [-0.4, -0.2) is 5.91 Å². The average molecular weight is 191 g/mol. The second kappa shape index (κ2) is 4.80. The summed E-state index contributed by atoms with van der Waals surface area (Å²) in [5.41, 5.74) is 7.65. The molecule has 0 spiro atoms. The number of nitrogens with two attached hydrogens (primary N) is 1. The number of hydrogen-bond donors (Lipinski definition) is 1. The van der Waals surface area contributed by atoms with Crippen molar-refractivity contribution < 1.29 is 4.79 Å². The lowest BCUT2D eigenvalue weighted by molar-refractivity contribution is -0.118. The lowest BCUT2D eigenvalue weighted by atomic mass is 9.92. The fourth-order valence-corrected chi connectivity index (χ4v) is 1.66. The van der Waals surface area contributed by atoms with Crippen LogP contribution in [0.15, 0.2) is 24.3 Å². The number of aryl methyl sites for hydroxylation is 1. The SMILES string of the molecule is CCC(CC(N)=O)c1cccc(C)c1. The summed E-state index contributed by atoms with van der Waals surface area (Å²) in [6, 6.07) is 8.26. The molecule has 0 heterocycles. The largest absolute Gasteiger partial charge is 0.370 e. The first-order valence-electron chi connectivity index (χ1n) is 4.98. The minimum absolute atomic E-state index is 0.224. The van der Waals surface area contributed by atoms with E-state index in [2.05, 4.69) is 32.0 Å². The molecule has 0 saturated heterocycles. The highest BCUT2D eigenvalue weighted by Crippen LogP contribution is 2.23. The van der Waals surface area contributed by atoms with Crippen molar-refractivity contribution in [2.45, 2.75) is 32.6 Å². The molecular weight excluding hydrogens is 174 g/mol. The van der Waals surface area contributed by atoms with Crippen LogP contribution >= 0.6 is 0 Å². The maximum atomic E-state index is 10.8. The minimum atomic E-state index is -0.224. The van der Waals surface area contributed by atoms with E-state index in [-0.39, 0.29) is 11.8 Å². The van der Waals surface area contributed by atoms with Crippen molar-refractivity contribution in [3.8, 4) is 0 Å². The van der Waals surface area contributed by atoms with Crippen LogP contribution in [0.1, 0.15) is 36.8 Å². The van der Waals surface area contributed by atoms with Gasteiger partial charge in [0.25, 0.3) is 0 Å². The molecule has 1 rings (SSSR count). The molecule has 1 aromatic rings. The van der Waals surface area contributed by atoms with Gasteiger partial charge < -0.3 is 5.73 Å². The predicted molar refractivity (Wildman–Crippen MR) is 58.0 cm³/mol. The summed E-state index contributed by atoms with van der Waals surface area (Å²) >= 11 is 0. The molecule has 0 aliphatic rings. The van der Waals surface area contributed by atoms with Crippen molar-refractivity contribution in [1.82, 2.24) is 0 Å². The normalized spacial score (nSPS) is 12.4. The molecule has 0 aromatic heterocycles. The number of benzene rings is 1. The first-order valence-corrected chi connectivity index (χ1v) is 4.98. The molecule has 1 aromatic carbocycles. The zero-order chi connectivity index (χ0) is 10.6. The van der Waals surface area contributed by atoms with Crippen molar-refractivity contribution >= 4 is 5.91 Å². The maximum absolute atomic E-state index is 10.8. The third-order valence-corrected chi connectivity index (χ3v) is 2.45. The highest BCUT2D eigenvalue weighted by molar-refractivity contribution is 5.74. The van der Waals surface area contributed by atoms with Crippen LogP contribution in [0.3, 0.4) is 0 Å². The van der Waals surface area contributed by atoms with Crippen molar-refractivity contribution in [2.24, 2.45) is 5.73 Å². The monoisotopic (exact) mass is 191 g/mol. The minimum Gasteiger partial charge on any atom is -0.370 e. The van der Waals surface area contributed by atoms with E-state index in [1.54, 1.807) is 0 Å². The van der Waals surface area contributed by atoms with Crippen molar-refractivity contribution in [1.29, 1.82) is 0 Å². The molecule has 1 unspecified atom stereocenters. The van der Waals surface area contributed by atoms with Crippen molar-refractivity contribution in [2.75, 3.05) is 0 Å². The lowest BCUT2D eigenvalue weighted by Gasteiger charge is -2.13. The van der Waals surface area contributed by atoms with Crippen LogP contribution in [0.5, 0.6) is 0 Å². The maximum Gasteiger partial charge on any atom is 0.218 e. The van der Waals surface area contributed by atoms with Gasteiger partial charge >= 0.3 is 0 Å². The number of carbonyl (C=O) groups is 1. The summed E-state index contributed by atoms with van der Waals surface area (Å²) in [7, 11) is 0. The predicted octanol–water partition coefficient (Wildman–Crippen LogP) is 2.36. The van der Waals surface area contributed by atoms with E-state index in [9.17, 15) is 4.79 Å². The highest BCUT2D eigenvalue weighted by Gasteiger charge is 2.11. The molecule has 0 bridgehead atoms. The van der Waals surface area contributed by atoms with Crippen molar-refractivity contribution in [3.63, 3.8) is 0 Å². The van der Waals surface area contributed by atoms with Gasteiger partial charge in [0.05, 0.1) is 0 Å². The summed E-state index contributed by atoms with van der Waals surface area (Å²) in [4.78, 5) is 10.8. The summed E-state index contributed by atoms with van der Waals surface area (Å²) in [6.45, 7) is 4.14. The van der Waals surface area contributed by atoms with Gasteiger partial charge in [-0.3, -0.25) is 4.79 Å². The van der Waals surface area contributed by atoms with Gasteiger partial charge in [-0.25, -0.2) is 0 Å². The molecule has 1 amide bonds. The summed E-state index contributed by atoms with van der Waals surface area (Å²) < 4.78 is 0. The Bertz CT molecular complexity index is 320. The Morgan fingerprint density at radius 3 is 2.71 bits per heavy atom. The number of rotatable bonds is 4. The quantitative estimate of drug-likeness (QED) is 0.780. The Hall–Kier alpha value is -1.31. The van der Waals surface area contributed by atoms with Crippen LogP contribution in [-0.2, 0) is 4.79 Å². The number of carbonyl (C=O) groups excluding carboxylic acids is 1. The molecule has 0 radical (unpaired) electrons. The third-order valence-electron chi connectivity index (χ3n) is 2.45. The highest BCUT2D eigenvalue weighted by atomic mass is 16.1. The van der Waals surface area contributed by atoms with Crippen LogP contribution in [0.2, 0.25) is 0 Å². The summed E-state index contributed by atoms with van der Waals surface area (Å²) in [5, 5.41) is 0. The van der Waals surface area contributed by atoms with Crippen LogP contribution < -0.4 is 5.73 Å². The topological polar surface area (TPSA) is 43.1 Å². The number of primary amides is 1. The fourth-order valence-electron chi connectivity index (χ4n) is 1.66. The fraction of sp³-hybridized carbons (Fsp3) is 0.417. The Morgan fingerprint density at radius 2 is 2.21 bits per heavy atom.